The maximum atomic E-state index is 12.9. The summed E-state index contributed by atoms with van der Waals surface area (Å²) in [6.45, 7) is 1.96. The standard InChI is InChI=1S/C20H19N3OS2/c24-19(21-16-9-5-2-6-10-16)18-17(15-7-3-1-4-8-15)22-20(26-18)23-11-13-25-14-12-23/h1-10H,11-14H2,(H,21,24). The van der Waals surface area contributed by atoms with Crippen LogP contribution < -0.4 is 10.2 Å². The third-order valence-electron chi connectivity index (χ3n) is 4.18. The monoisotopic (exact) mass is 381 g/mol. The molecule has 0 unspecified atom stereocenters. The molecule has 0 bridgehead atoms. The second-order valence-corrected chi connectivity index (χ2v) is 8.16. The Hall–Kier alpha value is -2.31. The van der Waals surface area contributed by atoms with Crippen molar-refractivity contribution in [1.82, 2.24) is 4.98 Å². The molecule has 1 aliphatic rings. The number of nitrogens with zero attached hydrogens (tertiary/aromatic N) is 2. The molecule has 0 saturated carbocycles. The highest BCUT2D eigenvalue weighted by molar-refractivity contribution is 7.99. The molecule has 6 heteroatoms. The average molecular weight is 382 g/mol. The van der Waals surface area contributed by atoms with Crippen LogP contribution in [0, 0.1) is 0 Å². The Kier molecular flexibility index (Phi) is 5.22. The first-order valence-electron chi connectivity index (χ1n) is 8.56. The van der Waals surface area contributed by atoms with Crippen LogP contribution in [0.4, 0.5) is 10.8 Å². The van der Waals surface area contributed by atoms with Gasteiger partial charge in [0.1, 0.15) is 4.88 Å². The number of amides is 1. The molecule has 132 valence electrons. The molecular formula is C20H19N3OS2. The van der Waals surface area contributed by atoms with E-state index in [1.807, 2.05) is 72.4 Å². The number of nitrogens with one attached hydrogen (secondary N) is 1. The molecule has 1 fully saturated rings. The number of carbonyl (C=O) groups excluding carboxylic acids is 1. The lowest BCUT2D eigenvalue weighted by molar-refractivity contribution is 0.103. The SMILES string of the molecule is O=C(Nc1ccccc1)c1sc(N2CCSCC2)nc1-c1ccccc1. The van der Waals surface area contributed by atoms with Crippen molar-refractivity contribution in [3.63, 3.8) is 0 Å². The number of hydrogen-bond donors (Lipinski definition) is 1. The van der Waals surface area contributed by atoms with Crippen molar-refractivity contribution in [2.24, 2.45) is 0 Å². The van der Waals surface area contributed by atoms with Gasteiger partial charge in [0.25, 0.3) is 5.91 Å². The summed E-state index contributed by atoms with van der Waals surface area (Å²) < 4.78 is 0. The minimum atomic E-state index is -0.106. The normalized spacial score (nSPS) is 14.2. The number of para-hydroxylation sites is 1. The highest BCUT2D eigenvalue weighted by atomic mass is 32.2. The summed E-state index contributed by atoms with van der Waals surface area (Å²) in [5, 5.41) is 3.93. The molecule has 1 N–H and O–H groups in total. The second kappa shape index (κ2) is 7.93. The molecule has 0 atom stereocenters. The van der Waals surface area contributed by atoms with Gasteiger partial charge >= 0.3 is 0 Å². The lowest BCUT2D eigenvalue weighted by atomic mass is 10.1. The van der Waals surface area contributed by atoms with Crippen molar-refractivity contribution in [3.8, 4) is 11.3 Å². The molecule has 4 rings (SSSR count). The van der Waals surface area contributed by atoms with Crippen molar-refractivity contribution in [3.05, 3.63) is 65.5 Å². The van der Waals surface area contributed by atoms with Gasteiger partial charge in [-0.25, -0.2) is 4.98 Å². The van der Waals surface area contributed by atoms with Crippen LogP contribution in [0.15, 0.2) is 60.7 Å². The Morgan fingerprint density at radius 1 is 0.962 bits per heavy atom. The maximum absolute atomic E-state index is 12.9. The highest BCUT2D eigenvalue weighted by Gasteiger charge is 2.23. The van der Waals surface area contributed by atoms with Gasteiger partial charge in [0.2, 0.25) is 0 Å². The van der Waals surface area contributed by atoms with E-state index in [2.05, 4.69) is 10.2 Å². The van der Waals surface area contributed by atoms with E-state index in [0.29, 0.717) is 4.88 Å². The van der Waals surface area contributed by atoms with Gasteiger partial charge in [0.15, 0.2) is 5.13 Å². The molecule has 0 spiro atoms. The summed E-state index contributed by atoms with van der Waals surface area (Å²) in [5.74, 6) is 2.10. The Bertz CT molecular complexity index is 875. The van der Waals surface area contributed by atoms with Crippen LogP contribution in [0.1, 0.15) is 9.67 Å². The zero-order valence-electron chi connectivity index (χ0n) is 14.2. The van der Waals surface area contributed by atoms with Crippen LogP contribution in [0.2, 0.25) is 0 Å². The molecule has 2 heterocycles. The van der Waals surface area contributed by atoms with Gasteiger partial charge in [-0.05, 0) is 12.1 Å². The van der Waals surface area contributed by atoms with E-state index in [0.717, 1.165) is 46.7 Å². The van der Waals surface area contributed by atoms with Gasteiger partial charge in [-0.2, -0.15) is 11.8 Å². The third-order valence-corrected chi connectivity index (χ3v) is 6.24. The lowest BCUT2D eigenvalue weighted by Crippen LogP contribution is -2.32. The topological polar surface area (TPSA) is 45.2 Å². The average Bonchev–Trinajstić information content (AvgIpc) is 3.16. The van der Waals surface area contributed by atoms with Crippen molar-refractivity contribution in [1.29, 1.82) is 0 Å². The molecule has 1 amide bonds. The number of hydrogen-bond acceptors (Lipinski definition) is 5. The van der Waals surface area contributed by atoms with Gasteiger partial charge in [0, 0.05) is 35.8 Å². The van der Waals surface area contributed by atoms with Crippen molar-refractivity contribution in [2.75, 3.05) is 34.8 Å². The van der Waals surface area contributed by atoms with Crippen LogP contribution in [0.25, 0.3) is 11.3 Å². The second-order valence-electron chi connectivity index (χ2n) is 5.96. The number of thiazole rings is 1. The number of aromatic nitrogens is 1. The summed E-state index contributed by atoms with van der Waals surface area (Å²) in [6.07, 6.45) is 0. The van der Waals surface area contributed by atoms with Gasteiger partial charge in [0.05, 0.1) is 5.69 Å². The molecule has 1 saturated heterocycles. The molecule has 3 aromatic rings. The first-order valence-corrected chi connectivity index (χ1v) is 10.5. The zero-order chi connectivity index (χ0) is 17.8. The fraction of sp³-hybridized carbons (Fsp3) is 0.200. The van der Waals surface area contributed by atoms with Crippen LogP contribution in [-0.2, 0) is 0 Å². The van der Waals surface area contributed by atoms with Crippen molar-refractivity contribution >= 4 is 39.8 Å². The summed E-state index contributed by atoms with van der Waals surface area (Å²) in [5.41, 5.74) is 2.53. The van der Waals surface area contributed by atoms with Gasteiger partial charge < -0.3 is 10.2 Å². The minimum Gasteiger partial charge on any atom is -0.346 e. The number of thioether (sulfide) groups is 1. The number of anilines is 2. The van der Waals surface area contributed by atoms with Crippen LogP contribution in [0.3, 0.4) is 0 Å². The number of benzene rings is 2. The summed E-state index contributed by atoms with van der Waals surface area (Å²) in [7, 11) is 0. The summed E-state index contributed by atoms with van der Waals surface area (Å²) >= 11 is 3.45. The predicted molar refractivity (Wildman–Crippen MR) is 111 cm³/mol. The minimum absolute atomic E-state index is 0.106. The summed E-state index contributed by atoms with van der Waals surface area (Å²) in [6, 6.07) is 19.5. The van der Waals surface area contributed by atoms with E-state index in [4.69, 9.17) is 4.98 Å². The van der Waals surface area contributed by atoms with E-state index in [9.17, 15) is 4.79 Å². The molecular weight excluding hydrogens is 362 g/mol. The Morgan fingerprint density at radius 3 is 2.31 bits per heavy atom. The van der Waals surface area contributed by atoms with Gasteiger partial charge in [-0.3, -0.25) is 4.79 Å². The lowest BCUT2D eigenvalue weighted by Gasteiger charge is -2.25. The predicted octanol–water partition coefficient (Wildman–Crippen LogP) is 4.62. The van der Waals surface area contributed by atoms with E-state index < -0.39 is 0 Å². The largest absolute Gasteiger partial charge is 0.346 e. The third kappa shape index (κ3) is 3.76. The van der Waals surface area contributed by atoms with E-state index >= 15 is 0 Å². The molecule has 1 aromatic heterocycles. The summed E-state index contributed by atoms with van der Waals surface area (Å²) in [4.78, 5) is 20.7. The van der Waals surface area contributed by atoms with Crippen LogP contribution >= 0.6 is 23.1 Å². The Morgan fingerprint density at radius 2 is 1.62 bits per heavy atom. The van der Waals surface area contributed by atoms with E-state index in [-0.39, 0.29) is 5.91 Å². The smallest absolute Gasteiger partial charge is 0.268 e. The zero-order valence-corrected chi connectivity index (χ0v) is 15.9. The molecule has 0 radical (unpaired) electrons. The maximum Gasteiger partial charge on any atom is 0.268 e. The van der Waals surface area contributed by atoms with Crippen LogP contribution in [0.5, 0.6) is 0 Å². The molecule has 1 aliphatic heterocycles. The van der Waals surface area contributed by atoms with E-state index in [1.165, 1.54) is 11.3 Å². The number of carbonyl (C=O) groups is 1. The molecule has 0 aliphatic carbocycles. The fourth-order valence-electron chi connectivity index (χ4n) is 2.85. The van der Waals surface area contributed by atoms with Crippen molar-refractivity contribution in [2.45, 2.75) is 0 Å². The first-order chi connectivity index (χ1) is 12.8. The number of rotatable bonds is 4. The fourth-order valence-corrected chi connectivity index (χ4v) is 4.79. The van der Waals surface area contributed by atoms with Crippen molar-refractivity contribution < 1.29 is 4.79 Å². The van der Waals surface area contributed by atoms with Crippen LogP contribution in [-0.4, -0.2) is 35.5 Å². The Labute approximate surface area is 161 Å². The first kappa shape index (κ1) is 17.1. The van der Waals surface area contributed by atoms with Gasteiger partial charge in [-0.1, -0.05) is 59.9 Å². The molecule has 26 heavy (non-hydrogen) atoms. The quantitative estimate of drug-likeness (QED) is 0.716. The molecule has 4 nitrogen and oxygen atoms in total. The van der Waals surface area contributed by atoms with E-state index in [1.54, 1.807) is 0 Å². The molecule has 2 aromatic carbocycles. The van der Waals surface area contributed by atoms with Gasteiger partial charge in [-0.15, -0.1) is 0 Å². The Balaban J connectivity index is 1.69. The highest BCUT2D eigenvalue weighted by Crippen LogP contribution is 2.34.